The number of sulfonamides is 1. The van der Waals surface area contributed by atoms with Crippen LogP contribution in [0.25, 0.3) is 0 Å². The van der Waals surface area contributed by atoms with Crippen LogP contribution >= 0.6 is 11.6 Å². The Balaban J connectivity index is 1.80. The van der Waals surface area contributed by atoms with Crippen molar-refractivity contribution in [2.75, 3.05) is 10.0 Å². The van der Waals surface area contributed by atoms with Gasteiger partial charge in [-0.05, 0) is 74.4 Å². The molecular weight excluding hydrogens is 408 g/mol. The van der Waals surface area contributed by atoms with Crippen LogP contribution in [0.3, 0.4) is 0 Å². The summed E-state index contributed by atoms with van der Waals surface area (Å²) in [6, 6.07) is 16.7. The number of carbonyl (C=O) groups is 1. The van der Waals surface area contributed by atoms with Gasteiger partial charge >= 0.3 is 0 Å². The van der Waals surface area contributed by atoms with Gasteiger partial charge in [-0.2, -0.15) is 0 Å². The summed E-state index contributed by atoms with van der Waals surface area (Å²) in [5.74, 6) is -0.300. The van der Waals surface area contributed by atoms with Crippen LogP contribution in [0.4, 0.5) is 11.4 Å². The average molecular weight is 429 g/mol. The quantitative estimate of drug-likeness (QED) is 0.577. The maximum absolute atomic E-state index is 12.6. The van der Waals surface area contributed by atoms with Gasteiger partial charge in [0, 0.05) is 16.3 Å². The summed E-state index contributed by atoms with van der Waals surface area (Å²) in [5, 5.41) is 3.36. The van der Waals surface area contributed by atoms with E-state index < -0.39 is 10.0 Å². The van der Waals surface area contributed by atoms with Crippen molar-refractivity contribution >= 4 is 38.9 Å². The van der Waals surface area contributed by atoms with Crippen LogP contribution in [0, 0.1) is 20.8 Å². The number of hydrogen-bond acceptors (Lipinski definition) is 3. The molecule has 1 amide bonds. The molecule has 0 bridgehead atoms. The monoisotopic (exact) mass is 428 g/mol. The van der Waals surface area contributed by atoms with Crippen LogP contribution in [-0.2, 0) is 10.0 Å². The molecule has 2 N–H and O–H groups in total. The summed E-state index contributed by atoms with van der Waals surface area (Å²) in [6.07, 6.45) is 0. The summed E-state index contributed by atoms with van der Waals surface area (Å²) in [7, 11) is -3.71. The van der Waals surface area contributed by atoms with Gasteiger partial charge in [-0.15, -0.1) is 0 Å². The van der Waals surface area contributed by atoms with E-state index in [0.29, 0.717) is 27.5 Å². The molecule has 3 aromatic rings. The molecule has 0 heterocycles. The zero-order valence-electron chi connectivity index (χ0n) is 16.3. The predicted octanol–water partition coefficient (Wildman–Crippen LogP) is 5.32. The number of amides is 1. The minimum atomic E-state index is -3.71. The van der Waals surface area contributed by atoms with Crippen molar-refractivity contribution in [3.8, 4) is 0 Å². The minimum Gasteiger partial charge on any atom is -0.322 e. The van der Waals surface area contributed by atoms with Crippen molar-refractivity contribution in [2.45, 2.75) is 25.7 Å². The standard InChI is InChI=1S/C22H21ClN2O3S/c1-14-4-9-19(10-5-14)29(27,28)25-20-11-7-17(12-16(20)3)22(26)24-21-13-18(23)8-6-15(21)2/h4-13,25H,1-3H3,(H,24,26). The van der Waals surface area contributed by atoms with E-state index in [2.05, 4.69) is 10.0 Å². The summed E-state index contributed by atoms with van der Waals surface area (Å²) < 4.78 is 27.8. The number of rotatable bonds is 5. The van der Waals surface area contributed by atoms with Crippen molar-refractivity contribution < 1.29 is 13.2 Å². The van der Waals surface area contributed by atoms with Gasteiger partial charge in [-0.3, -0.25) is 9.52 Å². The molecule has 0 aliphatic rings. The van der Waals surface area contributed by atoms with Crippen LogP contribution in [0.1, 0.15) is 27.0 Å². The van der Waals surface area contributed by atoms with Crippen molar-refractivity contribution in [3.63, 3.8) is 0 Å². The summed E-state index contributed by atoms with van der Waals surface area (Å²) in [5.41, 5.74) is 3.97. The molecule has 7 heteroatoms. The summed E-state index contributed by atoms with van der Waals surface area (Å²) >= 11 is 6.00. The molecule has 0 atom stereocenters. The highest BCUT2D eigenvalue weighted by molar-refractivity contribution is 7.92. The second-order valence-electron chi connectivity index (χ2n) is 6.86. The number of hydrogen-bond donors (Lipinski definition) is 2. The van der Waals surface area contributed by atoms with E-state index in [1.54, 1.807) is 61.5 Å². The van der Waals surface area contributed by atoms with Gasteiger partial charge in [-0.1, -0.05) is 35.4 Å². The summed E-state index contributed by atoms with van der Waals surface area (Å²) in [4.78, 5) is 12.8. The van der Waals surface area contributed by atoms with E-state index >= 15 is 0 Å². The smallest absolute Gasteiger partial charge is 0.261 e. The Morgan fingerprint density at radius 2 is 1.52 bits per heavy atom. The zero-order chi connectivity index (χ0) is 21.2. The van der Waals surface area contributed by atoms with Gasteiger partial charge < -0.3 is 5.32 Å². The molecule has 0 saturated heterocycles. The number of nitrogens with one attached hydrogen (secondary N) is 2. The minimum absolute atomic E-state index is 0.181. The third kappa shape index (κ3) is 4.96. The van der Waals surface area contributed by atoms with Gasteiger partial charge in [0.25, 0.3) is 15.9 Å². The first-order valence-corrected chi connectivity index (χ1v) is 10.8. The molecule has 0 fully saturated rings. The second-order valence-corrected chi connectivity index (χ2v) is 8.98. The van der Waals surface area contributed by atoms with Gasteiger partial charge in [0.05, 0.1) is 10.6 Å². The largest absolute Gasteiger partial charge is 0.322 e. The van der Waals surface area contributed by atoms with E-state index in [-0.39, 0.29) is 10.8 Å². The van der Waals surface area contributed by atoms with Crippen molar-refractivity contribution in [1.29, 1.82) is 0 Å². The number of aryl methyl sites for hydroxylation is 3. The van der Waals surface area contributed by atoms with Crippen molar-refractivity contribution in [2.24, 2.45) is 0 Å². The molecular formula is C22H21ClN2O3S. The highest BCUT2D eigenvalue weighted by Crippen LogP contribution is 2.24. The third-order valence-corrected chi connectivity index (χ3v) is 6.13. The average Bonchev–Trinajstić information content (AvgIpc) is 2.66. The molecule has 29 heavy (non-hydrogen) atoms. The molecule has 5 nitrogen and oxygen atoms in total. The van der Waals surface area contributed by atoms with Crippen molar-refractivity contribution in [1.82, 2.24) is 0 Å². The lowest BCUT2D eigenvalue weighted by Gasteiger charge is -2.13. The van der Waals surface area contributed by atoms with E-state index in [0.717, 1.165) is 11.1 Å². The van der Waals surface area contributed by atoms with E-state index in [1.807, 2.05) is 19.9 Å². The molecule has 3 rings (SSSR count). The molecule has 0 radical (unpaired) electrons. The lowest BCUT2D eigenvalue weighted by atomic mass is 10.1. The van der Waals surface area contributed by atoms with Crippen LogP contribution in [-0.4, -0.2) is 14.3 Å². The molecule has 0 aliphatic heterocycles. The molecule has 0 aliphatic carbocycles. The molecule has 0 unspecified atom stereocenters. The number of halogens is 1. The third-order valence-electron chi connectivity index (χ3n) is 4.51. The topological polar surface area (TPSA) is 75.3 Å². The van der Waals surface area contributed by atoms with E-state index in [4.69, 9.17) is 11.6 Å². The lowest BCUT2D eigenvalue weighted by molar-refractivity contribution is 0.102. The van der Waals surface area contributed by atoms with Gasteiger partial charge in [0.15, 0.2) is 0 Å². The highest BCUT2D eigenvalue weighted by Gasteiger charge is 2.16. The van der Waals surface area contributed by atoms with Crippen LogP contribution < -0.4 is 10.0 Å². The van der Waals surface area contributed by atoms with Gasteiger partial charge in [0.2, 0.25) is 0 Å². The fraction of sp³-hybridized carbons (Fsp3) is 0.136. The molecule has 0 saturated carbocycles. The highest BCUT2D eigenvalue weighted by atomic mass is 35.5. The first-order valence-electron chi connectivity index (χ1n) is 8.93. The maximum atomic E-state index is 12.6. The first-order chi connectivity index (χ1) is 13.7. The van der Waals surface area contributed by atoms with Crippen LogP contribution in [0.15, 0.2) is 65.6 Å². The Bertz CT molecular complexity index is 1170. The van der Waals surface area contributed by atoms with Crippen LogP contribution in [0.2, 0.25) is 5.02 Å². The lowest BCUT2D eigenvalue weighted by Crippen LogP contribution is -2.15. The van der Waals surface area contributed by atoms with Crippen molar-refractivity contribution in [3.05, 3.63) is 87.9 Å². The predicted molar refractivity (Wildman–Crippen MR) is 117 cm³/mol. The van der Waals surface area contributed by atoms with Gasteiger partial charge in [-0.25, -0.2) is 8.42 Å². The Labute approximate surface area is 175 Å². The molecule has 3 aromatic carbocycles. The fourth-order valence-corrected chi connectivity index (χ4v) is 4.07. The normalized spacial score (nSPS) is 11.2. The fourth-order valence-electron chi connectivity index (χ4n) is 2.76. The Hall–Kier alpha value is -2.83. The first kappa shape index (κ1) is 20.9. The summed E-state index contributed by atoms with van der Waals surface area (Å²) in [6.45, 7) is 5.51. The number of anilines is 2. The van der Waals surface area contributed by atoms with Crippen LogP contribution in [0.5, 0.6) is 0 Å². The number of benzene rings is 3. The number of carbonyl (C=O) groups excluding carboxylic acids is 1. The Morgan fingerprint density at radius 3 is 2.17 bits per heavy atom. The SMILES string of the molecule is Cc1ccc(S(=O)(=O)Nc2ccc(C(=O)Nc3cc(Cl)ccc3C)cc2C)cc1. The molecule has 0 spiro atoms. The Kier molecular flexibility index (Phi) is 5.96. The van der Waals surface area contributed by atoms with E-state index in [1.165, 1.54) is 0 Å². The zero-order valence-corrected chi connectivity index (χ0v) is 17.9. The maximum Gasteiger partial charge on any atom is 0.261 e. The van der Waals surface area contributed by atoms with E-state index in [9.17, 15) is 13.2 Å². The molecule has 0 aromatic heterocycles. The van der Waals surface area contributed by atoms with Gasteiger partial charge in [0.1, 0.15) is 0 Å². The second kappa shape index (κ2) is 8.27. The Morgan fingerprint density at radius 1 is 0.828 bits per heavy atom. The molecule has 150 valence electrons.